The Morgan fingerprint density at radius 2 is 2.15 bits per heavy atom. The van der Waals surface area contributed by atoms with Crippen molar-refractivity contribution in [2.75, 3.05) is 7.11 Å². The SMILES string of the molecule is COc1c(C)cnc(CC(=O)C2CC3CCC2C3)c1C. The van der Waals surface area contributed by atoms with Crippen molar-refractivity contribution >= 4 is 5.78 Å². The summed E-state index contributed by atoms with van der Waals surface area (Å²) in [6.07, 6.45) is 7.27. The van der Waals surface area contributed by atoms with Gasteiger partial charge in [0.05, 0.1) is 12.8 Å². The third-order valence-electron chi connectivity index (χ3n) is 5.24. The lowest BCUT2D eigenvalue weighted by atomic mass is 9.84. The number of rotatable bonds is 4. The van der Waals surface area contributed by atoms with Crippen LogP contribution in [-0.4, -0.2) is 17.9 Å². The van der Waals surface area contributed by atoms with Crippen molar-refractivity contribution in [2.24, 2.45) is 17.8 Å². The number of pyridine rings is 1. The molecule has 0 aromatic carbocycles. The second-order valence-electron chi connectivity index (χ2n) is 6.47. The van der Waals surface area contributed by atoms with Crippen molar-refractivity contribution in [1.29, 1.82) is 0 Å². The number of fused-ring (bicyclic) bond motifs is 2. The Morgan fingerprint density at radius 3 is 2.75 bits per heavy atom. The third kappa shape index (κ3) is 2.23. The van der Waals surface area contributed by atoms with Crippen LogP contribution in [0.25, 0.3) is 0 Å². The Balaban J connectivity index is 1.76. The van der Waals surface area contributed by atoms with Gasteiger partial charge in [-0.2, -0.15) is 0 Å². The van der Waals surface area contributed by atoms with Crippen LogP contribution in [0.15, 0.2) is 6.20 Å². The first-order chi connectivity index (χ1) is 9.60. The predicted octanol–water partition coefficient (Wildman–Crippen LogP) is 3.25. The van der Waals surface area contributed by atoms with Gasteiger partial charge in [0, 0.05) is 29.7 Å². The lowest BCUT2D eigenvalue weighted by Crippen LogP contribution is -2.23. The van der Waals surface area contributed by atoms with Gasteiger partial charge in [0.1, 0.15) is 11.5 Å². The van der Waals surface area contributed by atoms with Crippen LogP contribution in [-0.2, 0) is 11.2 Å². The molecule has 0 amide bonds. The highest BCUT2D eigenvalue weighted by Gasteiger charge is 2.42. The van der Waals surface area contributed by atoms with Crippen molar-refractivity contribution in [3.05, 3.63) is 23.0 Å². The van der Waals surface area contributed by atoms with Gasteiger partial charge < -0.3 is 4.74 Å². The van der Waals surface area contributed by atoms with Crippen molar-refractivity contribution in [2.45, 2.75) is 46.0 Å². The number of ketones is 1. The molecule has 20 heavy (non-hydrogen) atoms. The van der Waals surface area contributed by atoms with Crippen LogP contribution in [0, 0.1) is 31.6 Å². The van der Waals surface area contributed by atoms with E-state index in [9.17, 15) is 4.79 Å². The zero-order valence-corrected chi connectivity index (χ0v) is 12.6. The van der Waals surface area contributed by atoms with E-state index >= 15 is 0 Å². The number of hydrogen-bond acceptors (Lipinski definition) is 3. The maximum absolute atomic E-state index is 12.6. The Kier molecular flexibility index (Phi) is 3.53. The van der Waals surface area contributed by atoms with Gasteiger partial charge in [0.25, 0.3) is 0 Å². The van der Waals surface area contributed by atoms with Gasteiger partial charge in [-0.05, 0) is 44.9 Å². The number of carbonyl (C=O) groups is 1. The highest BCUT2D eigenvalue weighted by Crippen LogP contribution is 2.48. The topological polar surface area (TPSA) is 39.2 Å². The minimum Gasteiger partial charge on any atom is -0.496 e. The molecule has 3 heteroatoms. The van der Waals surface area contributed by atoms with Gasteiger partial charge in [0.15, 0.2) is 0 Å². The zero-order chi connectivity index (χ0) is 14.3. The van der Waals surface area contributed by atoms with E-state index in [2.05, 4.69) is 4.98 Å². The molecule has 1 aromatic heterocycles. The second-order valence-corrected chi connectivity index (χ2v) is 6.47. The summed E-state index contributed by atoms with van der Waals surface area (Å²) in [5.74, 6) is 3.02. The monoisotopic (exact) mass is 273 g/mol. The quantitative estimate of drug-likeness (QED) is 0.845. The summed E-state index contributed by atoms with van der Waals surface area (Å²) in [6.45, 7) is 3.99. The van der Waals surface area contributed by atoms with E-state index in [4.69, 9.17) is 4.74 Å². The third-order valence-corrected chi connectivity index (χ3v) is 5.24. The molecular formula is C17H23NO2. The Labute approximate surface area is 120 Å². The zero-order valence-electron chi connectivity index (χ0n) is 12.6. The fourth-order valence-corrected chi connectivity index (χ4v) is 4.18. The molecule has 1 heterocycles. The molecule has 2 fully saturated rings. The molecule has 0 aliphatic heterocycles. The lowest BCUT2D eigenvalue weighted by molar-refractivity contribution is -0.123. The number of Topliss-reactive ketones (excluding diaryl/α,β-unsaturated/α-hetero) is 1. The number of nitrogens with zero attached hydrogens (tertiary/aromatic N) is 1. The first kappa shape index (κ1) is 13.6. The number of aromatic nitrogens is 1. The predicted molar refractivity (Wildman–Crippen MR) is 77.9 cm³/mol. The number of hydrogen-bond donors (Lipinski definition) is 0. The normalized spacial score (nSPS) is 27.9. The van der Waals surface area contributed by atoms with Gasteiger partial charge in [-0.3, -0.25) is 9.78 Å². The van der Waals surface area contributed by atoms with E-state index < -0.39 is 0 Å². The van der Waals surface area contributed by atoms with Gasteiger partial charge in [-0.15, -0.1) is 0 Å². The van der Waals surface area contributed by atoms with E-state index in [0.717, 1.165) is 34.9 Å². The van der Waals surface area contributed by atoms with Gasteiger partial charge in [-0.25, -0.2) is 0 Å². The van der Waals surface area contributed by atoms with Crippen LogP contribution in [0.4, 0.5) is 0 Å². The molecule has 0 radical (unpaired) electrons. The van der Waals surface area contributed by atoms with Crippen molar-refractivity contribution < 1.29 is 9.53 Å². The van der Waals surface area contributed by atoms with Crippen LogP contribution in [0.3, 0.4) is 0 Å². The molecule has 3 unspecified atom stereocenters. The average molecular weight is 273 g/mol. The lowest BCUT2D eigenvalue weighted by Gasteiger charge is -2.20. The van der Waals surface area contributed by atoms with E-state index in [1.165, 1.54) is 19.3 Å². The Bertz CT molecular complexity index is 538. The highest BCUT2D eigenvalue weighted by atomic mass is 16.5. The van der Waals surface area contributed by atoms with Gasteiger partial charge in [-0.1, -0.05) is 6.42 Å². The number of methoxy groups -OCH3 is 1. The molecular weight excluding hydrogens is 250 g/mol. The minimum absolute atomic E-state index is 0.294. The largest absolute Gasteiger partial charge is 0.496 e. The smallest absolute Gasteiger partial charge is 0.142 e. The summed E-state index contributed by atoms with van der Waals surface area (Å²) in [6, 6.07) is 0. The molecule has 108 valence electrons. The molecule has 3 nitrogen and oxygen atoms in total. The van der Waals surface area contributed by atoms with Gasteiger partial charge >= 0.3 is 0 Å². The fraction of sp³-hybridized carbons (Fsp3) is 0.647. The summed E-state index contributed by atoms with van der Waals surface area (Å²) in [5, 5.41) is 0. The van der Waals surface area contributed by atoms with E-state index in [-0.39, 0.29) is 0 Å². The maximum atomic E-state index is 12.6. The molecule has 2 bridgehead atoms. The molecule has 0 N–H and O–H groups in total. The van der Waals surface area contributed by atoms with Crippen molar-refractivity contribution in [3.8, 4) is 5.75 Å². The van der Waals surface area contributed by atoms with Crippen LogP contribution in [0.1, 0.15) is 42.5 Å². The molecule has 1 aromatic rings. The first-order valence-electron chi connectivity index (χ1n) is 7.62. The Morgan fingerprint density at radius 1 is 1.35 bits per heavy atom. The molecule has 2 aliphatic carbocycles. The summed E-state index contributed by atoms with van der Waals surface area (Å²) in [4.78, 5) is 17.0. The summed E-state index contributed by atoms with van der Waals surface area (Å²) < 4.78 is 5.42. The molecule has 2 aliphatic rings. The number of ether oxygens (including phenoxy) is 1. The average Bonchev–Trinajstić information content (AvgIpc) is 3.05. The van der Waals surface area contributed by atoms with E-state index in [1.54, 1.807) is 7.11 Å². The highest BCUT2D eigenvalue weighted by molar-refractivity contribution is 5.84. The van der Waals surface area contributed by atoms with Crippen molar-refractivity contribution in [3.63, 3.8) is 0 Å². The molecule has 0 spiro atoms. The number of carbonyl (C=O) groups excluding carboxylic acids is 1. The van der Waals surface area contributed by atoms with Crippen LogP contribution < -0.4 is 4.74 Å². The maximum Gasteiger partial charge on any atom is 0.142 e. The summed E-state index contributed by atoms with van der Waals surface area (Å²) in [7, 11) is 1.68. The summed E-state index contributed by atoms with van der Waals surface area (Å²) in [5.41, 5.74) is 2.94. The Hall–Kier alpha value is -1.38. The van der Waals surface area contributed by atoms with E-state index in [1.807, 2.05) is 20.0 Å². The molecule has 2 saturated carbocycles. The van der Waals surface area contributed by atoms with E-state index in [0.29, 0.717) is 24.0 Å². The molecule has 0 saturated heterocycles. The van der Waals surface area contributed by atoms with Gasteiger partial charge in [0.2, 0.25) is 0 Å². The molecule has 3 atom stereocenters. The first-order valence-corrected chi connectivity index (χ1v) is 7.62. The second kappa shape index (κ2) is 5.19. The molecule has 3 rings (SSSR count). The number of aryl methyl sites for hydroxylation is 1. The van der Waals surface area contributed by atoms with Crippen LogP contribution in [0.5, 0.6) is 5.75 Å². The van der Waals surface area contributed by atoms with Crippen LogP contribution >= 0.6 is 0 Å². The minimum atomic E-state index is 0.294. The summed E-state index contributed by atoms with van der Waals surface area (Å²) >= 11 is 0. The van der Waals surface area contributed by atoms with Crippen LogP contribution in [0.2, 0.25) is 0 Å². The fourth-order valence-electron chi connectivity index (χ4n) is 4.18. The standard InChI is InChI=1S/C17H23NO2/c1-10-9-18-15(11(2)17(10)20-3)8-16(19)14-7-12-4-5-13(14)6-12/h9,12-14H,4-8H2,1-3H3. The van der Waals surface area contributed by atoms with Crippen molar-refractivity contribution in [1.82, 2.24) is 4.98 Å².